The van der Waals surface area contributed by atoms with Crippen LogP contribution >= 0.6 is 23.2 Å². The molecule has 0 aliphatic rings. The van der Waals surface area contributed by atoms with Gasteiger partial charge in [0.15, 0.2) is 0 Å². The number of anilines is 3. The highest BCUT2D eigenvalue weighted by atomic mass is 35.5. The molecular formula is C23H20Cl2N4O3. The first-order chi connectivity index (χ1) is 15.3. The Bertz CT molecular complexity index is 1150. The van der Waals surface area contributed by atoms with Gasteiger partial charge in [-0.3, -0.25) is 9.59 Å². The van der Waals surface area contributed by atoms with Crippen LogP contribution < -0.4 is 21.3 Å². The van der Waals surface area contributed by atoms with Gasteiger partial charge in [0.2, 0.25) is 5.91 Å². The van der Waals surface area contributed by atoms with E-state index in [1.54, 1.807) is 30.3 Å². The zero-order valence-corrected chi connectivity index (χ0v) is 18.6. The summed E-state index contributed by atoms with van der Waals surface area (Å²) >= 11 is 11.8. The van der Waals surface area contributed by atoms with Crippen LogP contribution in [0.1, 0.15) is 15.9 Å². The Kier molecular flexibility index (Phi) is 7.70. The Hall–Kier alpha value is -3.55. The van der Waals surface area contributed by atoms with E-state index in [0.717, 1.165) is 5.56 Å². The molecule has 164 valence electrons. The average Bonchev–Trinajstić information content (AvgIpc) is 2.77. The van der Waals surface area contributed by atoms with Gasteiger partial charge in [0.1, 0.15) is 0 Å². The number of carbonyl (C=O) groups excluding carboxylic acids is 3. The highest BCUT2D eigenvalue weighted by Crippen LogP contribution is 2.23. The minimum absolute atomic E-state index is 0.245. The molecular weight excluding hydrogens is 451 g/mol. The first-order valence-electron chi connectivity index (χ1n) is 9.58. The summed E-state index contributed by atoms with van der Waals surface area (Å²) in [5.41, 5.74) is 2.75. The molecule has 0 aromatic heterocycles. The summed E-state index contributed by atoms with van der Waals surface area (Å²) in [6.07, 6.45) is 0. The molecule has 32 heavy (non-hydrogen) atoms. The summed E-state index contributed by atoms with van der Waals surface area (Å²) < 4.78 is 0. The summed E-state index contributed by atoms with van der Waals surface area (Å²) in [6.45, 7) is 1.57. The maximum atomic E-state index is 12.3. The number of rotatable bonds is 6. The van der Waals surface area contributed by atoms with Gasteiger partial charge in [0.05, 0.1) is 16.6 Å². The highest BCUT2D eigenvalue weighted by Gasteiger charge is 2.12. The molecule has 0 heterocycles. The first-order valence-corrected chi connectivity index (χ1v) is 10.3. The van der Waals surface area contributed by atoms with E-state index in [2.05, 4.69) is 21.3 Å². The topological polar surface area (TPSA) is 99.3 Å². The Morgan fingerprint density at radius 1 is 0.781 bits per heavy atom. The van der Waals surface area contributed by atoms with E-state index in [4.69, 9.17) is 23.2 Å². The maximum Gasteiger partial charge on any atom is 0.323 e. The first kappa shape index (κ1) is 23.1. The van der Waals surface area contributed by atoms with Crippen molar-refractivity contribution >= 4 is 58.1 Å². The Balaban J connectivity index is 1.56. The third-order valence-corrected chi connectivity index (χ3v) is 5.13. The molecule has 0 fully saturated rings. The zero-order chi connectivity index (χ0) is 23.1. The predicted octanol–water partition coefficient (Wildman–Crippen LogP) is 5.31. The van der Waals surface area contributed by atoms with Gasteiger partial charge in [-0.15, -0.1) is 0 Å². The fraction of sp³-hybridized carbons (Fsp3) is 0.0870. The van der Waals surface area contributed by atoms with E-state index >= 15 is 0 Å². The monoisotopic (exact) mass is 470 g/mol. The lowest BCUT2D eigenvalue weighted by atomic mass is 10.1. The minimum atomic E-state index is -0.455. The van der Waals surface area contributed by atoms with E-state index in [-0.39, 0.29) is 11.6 Å². The molecule has 4 N–H and O–H groups in total. The molecule has 0 aliphatic carbocycles. The summed E-state index contributed by atoms with van der Waals surface area (Å²) in [4.78, 5) is 36.7. The molecule has 0 atom stereocenters. The lowest BCUT2D eigenvalue weighted by Crippen LogP contribution is -2.33. The molecule has 0 aliphatic heterocycles. The third kappa shape index (κ3) is 6.47. The number of urea groups is 1. The summed E-state index contributed by atoms with van der Waals surface area (Å²) in [6, 6.07) is 18.2. The van der Waals surface area contributed by atoms with Gasteiger partial charge >= 0.3 is 6.03 Å². The molecule has 0 unspecified atom stereocenters. The molecule has 9 heteroatoms. The number of nitrogens with one attached hydrogen (secondary N) is 4. The average molecular weight is 471 g/mol. The molecule has 3 aromatic carbocycles. The number of carbonyl (C=O) groups is 3. The lowest BCUT2D eigenvalue weighted by molar-refractivity contribution is -0.115. The van der Waals surface area contributed by atoms with Gasteiger partial charge < -0.3 is 21.3 Å². The zero-order valence-electron chi connectivity index (χ0n) is 17.0. The Morgan fingerprint density at radius 2 is 1.50 bits per heavy atom. The van der Waals surface area contributed by atoms with Crippen LogP contribution in [0.3, 0.4) is 0 Å². The number of hydrogen-bond acceptors (Lipinski definition) is 3. The maximum absolute atomic E-state index is 12.3. The molecule has 3 rings (SSSR count). The fourth-order valence-corrected chi connectivity index (χ4v) is 3.04. The van der Waals surface area contributed by atoms with E-state index in [1.165, 1.54) is 18.2 Å². The summed E-state index contributed by atoms with van der Waals surface area (Å²) in [7, 11) is 0. The van der Waals surface area contributed by atoms with Crippen LogP contribution in [0.2, 0.25) is 10.0 Å². The van der Waals surface area contributed by atoms with Crippen molar-refractivity contribution in [3.63, 3.8) is 0 Å². The number of aryl methyl sites for hydroxylation is 1. The van der Waals surface area contributed by atoms with Gasteiger partial charge in [-0.25, -0.2) is 4.79 Å². The third-order valence-electron chi connectivity index (χ3n) is 4.39. The van der Waals surface area contributed by atoms with E-state index in [0.29, 0.717) is 27.6 Å². The molecule has 4 amide bonds. The van der Waals surface area contributed by atoms with Crippen LogP contribution in [-0.4, -0.2) is 24.4 Å². The molecule has 0 spiro atoms. The van der Waals surface area contributed by atoms with Crippen molar-refractivity contribution in [1.82, 2.24) is 5.32 Å². The standard InChI is InChI=1S/C23H20Cl2N4O3/c1-14-7-9-17(28-23(32)27-16-5-3-2-4-6-16)12-20(14)29-21(30)13-26-22(31)15-8-10-18(24)19(25)11-15/h2-12H,13H2,1H3,(H,26,31)(H,29,30)(H2,27,28,32). The number of amides is 4. The van der Waals surface area contributed by atoms with Crippen molar-refractivity contribution in [2.75, 3.05) is 22.5 Å². The van der Waals surface area contributed by atoms with Gasteiger partial charge in [0, 0.05) is 22.6 Å². The summed E-state index contributed by atoms with van der Waals surface area (Å²) in [5.74, 6) is -0.879. The van der Waals surface area contributed by atoms with Crippen LogP contribution in [-0.2, 0) is 4.79 Å². The minimum Gasteiger partial charge on any atom is -0.343 e. The molecule has 0 bridgehead atoms. The normalized spacial score (nSPS) is 10.2. The van der Waals surface area contributed by atoms with Crippen molar-refractivity contribution in [1.29, 1.82) is 0 Å². The van der Waals surface area contributed by atoms with E-state index in [1.807, 2.05) is 25.1 Å². The quantitative estimate of drug-likeness (QED) is 0.392. The van der Waals surface area contributed by atoms with Crippen LogP contribution in [0, 0.1) is 6.92 Å². The SMILES string of the molecule is Cc1ccc(NC(=O)Nc2ccccc2)cc1NC(=O)CNC(=O)c1ccc(Cl)c(Cl)c1. The summed E-state index contributed by atoms with van der Waals surface area (Å²) in [5, 5.41) is 11.3. The van der Waals surface area contributed by atoms with Crippen LogP contribution in [0.5, 0.6) is 0 Å². The Labute approximate surface area is 195 Å². The van der Waals surface area contributed by atoms with E-state index < -0.39 is 17.8 Å². The molecule has 7 nitrogen and oxygen atoms in total. The number of benzene rings is 3. The van der Waals surface area contributed by atoms with Gasteiger partial charge in [-0.2, -0.15) is 0 Å². The predicted molar refractivity (Wildman–Crippen MR) is 128 cm³/mol. The van der Waals surface area contributed by atoms with Gasteiger partial charge in [0.25, 0.3) is 5.91 Å². The van der Waals surface area contributed by atoms with Crippen molar-refractivity contribution in [2.24, 2.45) is 0 Å². The molecule has 3 aromatic rings. The van der Waals surface area contributed by atoms with Gasteiger partial charge in [-0.1, -0.05) is 47.5 Å². The van der Waals surface area contributed by atoms with Gasteiger partial charge in [-0.05, 0) is 55.0 Å². The highest BCUT2D eigenvalue weighted by molar-refractivity contribution is 6.42. The molecule has 0 saturated carbocycles. The number of hydrogen-bond donors (Lipinski definition) is 4. The van der Waals surface area contributed by atoms with E-state index in [9.17, 15) is 14.4 Å². The Morgan fingerprint density at radius 3 is 2.22 bits per heavy atom. The van der Waals surface area contributed by atoms with Crippen LogP contribution in [0.15, 0.2) is 66.7 Å². The largest absolute Gasteiger partial charge is 0.343 e. The van der Waals surface area contributed by atoms with Crippen LogP contribution in [0.4, 0.5) is 21.9 Å². The van der Waals surface area contributed by atoms with Crippen LogP contribution in [0.25, 0.3) is 0 Å². The second kappa shape index (κ2) is 10.7. The van der Waals surface area contributed by atoms with Crippen molar-refractivity contribution in [2.45, 2.75) is 6.92 Å². The lowest BCUT2D eigenvalue weighted by Gasteiger charge is -2.13. The second-order valence-corrected chi connectivity index (χ2v) is 7.65. The number of halogens is 2. The molecule has 0 radical (unpaired) electrons. The number of para-hydroxylation sites is 1. The fourth-order valence-electron chi connectivity index (χ4n) is 2.74. The van der Waals surface area contributed by atoms with Crippen molar-refractivity contribution in [3.8, 4) is 0 Å². The van der Waals surface area contributed by atoms with Crippen molar-refractivity contribution < 1.29 is 14.4 Å². The molecule has 0 saturated heterocycles. The smallest absolute Gasteiger partial charge is 0.323 e. The second-order valence-electron chi connectivity index (χ2n) is 6.83. The van der Waals surface area contributed by atoms with Crippen molar-refractivity contribution in [3.05, 3.63) is 87.9 Å².